The molecular formula is C13H15N3O4S. The Hall–Kier alpha value is -2.19. The first-order valence-electron chi connectivity index (χ1n) is 6.21. The maximum absolute atomic E-state index is 12.0. The Morgan fingerprint density at radius 2 is 2.14 bits per heavy atom. The highest BCUT2D eigenvalue weighted by Gasteiger charge is 2.17. The number of sulfonamides is 1. The summed E-state index contributed by atoms with van der Waals surface area (Å²) in [6, 6.07) is 4.32. The molecular weight excluding hydrogens is 294 g/mol. The van der Waals surface area contributed by atoms with Crippen molar-refractivity contribution in [1.29, 1.82) is 0 Å². The number of nitrogens with two attached hydrogens (primary N) is 1. The summed E-state index contributed by atoms with van der Waals surface area (Å²) in [5.74, 6) is -0.426. The van der Waals surface area contributed by atoms with Crippen molar-refractivity contribution in [1.82, 2.24) is 5.16 Å². The van der Waals surface area contributed by atoms with E-state index in [-0.39, 0.29) is 10.6 Å². The molecule has 0 aliphatic rings. The van der Waals surface area contributed by atoms with Crippen LogP contribution in [0.4, 0.5) is 5.69 Å². The number of rotatable bonds is 4. The van der Waals surface area contributed by atoms with E-state index in [1.54, 1.807) is 6.92 Å². The Kier molecular flexibility index (Phi) is 4.10. The molecule has 2 aromatic rings. The van der Waals surface area contributed by atoms with Crippen molar-refractivity contribution in [2.24, 2.45) is 5.14 Å². The zero-order valence-corrected chi connectivity index (χ0v) is 12.4. The Morgan fingerprint density at radius 1 is 1.43 bits per heavy atom. The van der Waals surface area contributed by atoms with Crippen molar-refractivity contribution in [3.05, 3.63) is 41.3 Å². The Morgan fingerprint density at radius 3 is 2.67 bits per heavy atom. The molecule has 0 aliphatic heterocycles. The van der Waals surface area contributed by atoms with Crippen LogP contribution in [-0.2, 0) is 16.4 Å². The van der Waals surface area contributed by atoms with Gasteiger partial charge in [0.1, 0.15) is 6.26 Å². The summed E-state index contributed by atoms with van der Waals surface area (Å²) >= 11 is 0. The van der Waals surface area contributed by atoms with Gasteiger partial charge in [0.25, 0.3) is 5.91 Å². The fourth-order valence-corrected chi connectivity index (χ4v) is 2.60. The van der Waals surface area contributed by atoms with Crippen LogP contribution in [0.1, 0.15) is 28.5 Å². The molecule has 7 nitrogen and oxygen atoms in total. The van der Waals surface area contributed by atoms with Gasteiger partial charge in [-0.1, -0.05) is 12.1 Å². The van der Waals surface area contributed by atoms with Crippen molar-refractivity contribution in [3.63, 3.8) is 0 Å². The van der Waals surface area contributed by atoms with Crippen molar-refractivity contribution >= 4 is 21.6 Å². The summed E-state index contributed by atoms with van der Waals surface area (Å²) in [4.78, 5) is 12.0. The molecule has 1 amide bonds. The van der Waals surface area contributed by atoms with Gasteiger partial charge in [-0.25, -0.2) is 13.6 Å². The predicted octanol–water partition coefficient (Wildman–Crippen LogP) is 1.45. The smallest absolute Gasteiger partial charge is 0.277 e. The first-order valence-corrected chi connectivity index (χ1v) is 7.75. The molecule has 0 saturated heterocycles. The fraction of sp³-hybridized carbons (Fsp3) is 0.231. The number of nitrogens with zero attached hydrogens (tertiary/aromatic N) is 1. The molecule has 0 fully saturated rings. The highest BCUT2D eigenvalue weighted by Crippen LogP contribution is 2.25. The lowest BCUT2D eigenvalue weighted by molar-refractivity contribution is 0.101. The summed E-state index contributed by atoms with van der Waals surface area (Å²) in [6.45, 7) is 3.56. The van der Waals surface area contributed by atoms with E-state index in [9.17, 15) is 13.2 Å². The quantitative estimate of drug-likeness (QED) is 0.886. The largest absolute Gasteiger partial charge is 0.364 e. The summed E-state index contributed by atoms with van der Waals surface area (Å²) in [5.41, 5.74) is 1.98. The van der Waals surface area contributed by atoms with Crippen molar-refractivity contribution in [3.8, 4) is 0 Å². The molecule has 0 unspecified atom stereocenters. The maximum Gasteiger partial charge on any atom is 0.277 e. The number of aromatic nitrogens is 1. The van der Waals surface area contributed by atoms with E-state index in [1.165, 1.54) is 24.5 Å². The molecule has 0 spiro atoms. The molecule has 1 aromatic heterocycles. The second-order valence-corrected chi connectivity index (χ2v) is 6.07. The monoisotopic (exact) mass is 309 g/mol. The summed E-state index contributed by atoms with van der Waals surface area (Å²) in [5, 5.41) is 11.4. The number of nitrogens with one attached hydrogen (secondary N) is 1. The van der Waals surface area contributed by atoms with Crippen LogP contribution >= 0.6 is 0 Å². The van der Waals surface area contributed by atoms with Crippen LogP contribution in [0, 0.1) is 6.92 Å². The molecule has 3 N–H and O–H groups in total. The lowest BCUT2D eigenvalue weighted by Gasteiger charge is -2.14. The van der Waals surface area contributed by atoms with Gasteiger partial charge in [0.2, 0.25) is 10.0 Å². The molecule has 8 heteroatoms. The molecule has 1 aromatic carbocycles. The van der Waals surface area contributed by atoms with Gasteiger partial charge in [-0.15, -0.1) is 0 Å². The topological polar surface area (TPSA) is 115 Å². The van der Waals surface area contributed by atoms with Gasteiger partial charge in [-0.3, -0.25) is 4.79 Å². The van der Waals surface area contributed by atoms with E-state index in [4.69, 9.17) is 5.14 Å². The fourth-order valence-electron chi connectivity index (χ4n) is 1.95. The number of hydrogen-bond acceptors (Lipinski definition) is 5. The minimum absolute atomic E-state index is 0.0243. The minimum atomic E-state index is -3.79. The molecule has 0 radical (unpaired) electrons. The van der Waals surface area contributed by atoms with E-state index in [0.717, 1.165) is 0 Å². The van der Waals surface area contributed by atoms with E-state index in [2.05, 4.69) is 15.0 Å². The van der Waals surface area contributed by atoms with E-state index >= 15 is 0 Å². The third-order valence-electron chi connectivity index (χ3n) is 3.01. The van der Waals surface area contributed by atoms with Crippen LogP contribution in [0.2, 0.25) is 0 Å². The molecule has 1 heterocycles. The average Bonchev–Trinajstić information content (AvgIpc) is 2.93. The molecule has 0 aliphatic carbocycles. The average molecular weight is 309 g/mol. The second kappa shape index (κ2) is 5.66. The Balaban J connectivity index is 2.42. The third-order valence-corrected chi connectivity index (χ3v) is 3.90. The Labute approximate surface area is 122 Å². The number of primary sulfonamides is 1. The van der Waals surface area contributed by atoms with Gasteiger partial charge in [-0.05, 0) is 36.6 Å². The Bertz CT molecular complexity index is 767. The number of aryl methyl sites for hydroxylation is 2. The van der Waals surface area contributed by atoms with Crippen LogP contribution in [0.5, 0.6) is 0 Å². The summed E-state index contributed by atoms with van der Waals surface area (Å²) < 4.78 is 27.5. The van der Waals surface area contributed by atoms with Crippen molar-refractivity contribution < 1.29 is 17.7 Å². The van der Waals surface area contributed by atoms with Gasteiger partial charge in [0.05, 0.1) is 4.90 Å². The number of anilines is 1. The third kappa shape index (κ3) is 3.29. The van der Waals surface area contributed by atoms with E-state index in [0.29, 0.717) is 23.2 Å². The molecule has 0 bridgehead atoms. The van der Waals surface area contributed by atoms with Crippen LogP contribution in [0.15, 0.2) is 33.9 Å². The van der Waals surface area contributed by atoms with E-state index in [1.807, 2.05) is 6.92 Å². The SMILES string of the molecule is CCc1cc(S(N)(=O)=O)cc(C)c1NC(=O)c1ccon1. The highest BCUT2D eigenvalue weighted by atomic mass is 32.2. The lowest BCUT2D eigenvalue weighted by Crippen LogP contribution is -2.17. The summed E-state index contributed by atoms with van der Waals surface area (Å²) in [7, 11) is -3.79. The normalized spacial score (nSPS) is 11.4. The molecule has 0 saturated carbocycles. The zero-order valence-electron chi connectivity index (χ0n) is 11.6. The predicted molar refractivity (Wildman–Crippen MR) is 76.4 cm³/mol. The standard InChI is InChI=1S/C13H15N3O4S/c1-3-9-7-10(21(14,18)19)6-8(2)12(9)15-13(17)11-4-5-20-16-11/h4-7H,3H2,1-2H3,(H,15,17)(H2,14,18,19). The zero-order chi connectivity index (χ0) is 15.6. The van der Waals surface area contributed by atoms with E-state index < -0.39 is 15.9 Å². The van der Waals surface area contributed by atoms with Gasteiger partial charge in [0, 0.05) is 11.8 Å². The molecule has 21 heavy (non-hydrogen) atoms. The number of carbonyl (C=O) groups excluding carboxylic acids is 1. The molecule has 0 atom stereocenters. The van der Waals surface area contributed by atoms with Gasteiger partial charge in [0.15, 0.2) is 5.69 Å². The minimum Gasteiger partial charge on any atom is -0.364 e. The number of hydrogen-bond donors (Lipinski definition) is 2. The first kappa shape index (κ1) is 15.2. The van der Waals surface area contributed by atoms with Crippen molar-refractivity contribution in [2.75, 3.05) is 5.32 Å². The maximum atomic E-state index is 12.0. The summed E-state index contributed by atoms with van der Waals surface area (Å²) in [6.07, 6.45) is 1.84. The number of benzene rings is 1. The number of carbonyl (C=O) groups is 1. The lowest BCUT2D eigenvalue weighted by atomic mass is 10.1. The highest BCUT2D eigenvalue weighted by molar-refractivity contribution is 7.89. The number of amides is 1. The van der Waals surface area contributed by atoms with Crippen LogP contribution in [0.25, 0.3) is 0 Å². The van der Waals surface area contributed by atoms with Gasteiger partial charge < -0.3 is 9.84 Å². The van der Waals surface area contributed by atoms with Gasteiger partial charge in [-0.2, -0.15) is 0 Å². The van der Waals surface area contributed by atoms with Crippen LogP contribution < -0.4 is 10.5 Å². The first-order chi connectivity index (χ1) is 9.82. The molecule has 2 rings (SSSR count). The van der Waals surface area contributed by atoms with Gasteiger partial charge >= 0.3 is 0 Å². The second-order valence-electron chi connectivity index (χ2n) is 4.51. The van der Waals surface area contributed by atoms with Crippen molar-refractivity contribution in [2.45, 2.75) is 25.2 Å². The van der Waals surface area contributed by atoms with Crippen LogP contribution in [0.3, 0.4) is 0 Å². The van der Waals surface area contributed by atoms with Crippen LogP contribution in [-0.4, -0.2) is 19.5 Å². The molecule has 112 valence electrons.